The highest BCUT2D eigenvalue weighted by molar-refractivity contribution is 5.95. The van der Waals surface area contributed by atoms with Crippen molar-refractivity contribution in [3.63, 3.8) is 0 Å². The van der Waals surface area contributed by atoms with E-state index in [4.69, 9.17) is 9.72 Å². The van der Waals surface area contributed by atoms with Crippen LogP contribution in [0.15, 0.2) is 36.4 Å². The molecule has 3 heterocycles. The molecular formula is C23H29N3O3. The summed E-state index contributed by atoms with van der Waals surface area (Å²) >= 11 is 0. The lowest BCUT2D eigenvalue weighted by molar-refractivity contribution is 0.0301. The van der Waals surface area contributed by atoms with Gasteiger partial charge >= 0.3 is 0 Å². The molecule has 0 radical (unpaired) electrons. The maximum absolute atomic E-state index is 13.1. The second-order valence-electron chi connectivity index (χ2n) is 7.97. The molecule has 154 valence electrons. The van der Waals surface area contributed by atoms with Gasteiger partial charge in [-0.3, -0.25) is 14.7 Å². The molecule has 0 aliphatic carbocycles. The molecule has 2 saturated heterocycles. The lowest BCUT2D eigenvalue weighted by Crippen LogP contribution is -2.41. The number of para-hydroxylation sites is 1. The molecule has 0 saturated carbocycles. The van der Waals surface area contributed by atoms with E-state index in [2.05, 4.69) is 4.90 Å². The summed E-state index contributed by atoms with van der Waals surface area (Å²) in [5, 5.41) is 10.0. The minimum Gasteiger partial charge on any atom is -0.508 e. The fraction of sp³-hybridized carbons (Fsp3) is 0.478. The van der Waals surface area contributed by atoms with Crippen molar-refractivity contribution in [1.82, 2.24) is 14.8 Å². The van der Waals surface area contributed by atoms with E-state index in [1.807, 2.05) is 42.2 Å². The van der Waals surface area contributed by atoms with Gasteiger partial charge in [0.1, 0.15) is 5.75 Å². The smallest absolute Gasteiger partial charge is 0.255 e. The van der Waals surface area contributed by atoms with Crippen LogP contribution < -0.4 is 0 Å². The van der Waals surface area contributed by atoms with Crippen LogP contribution in [-0.2, 0) is 11.3 Å². The number of likely N-dealkylation sites (tertiary alicyclic amines) is 1. The number of pyridine rings is 1. The fourth-order valence-electron chi connectivity index (χ4n) is 4.26. The lowest BCUT2D eigenvalue weighted by atomic mass is 9.89. The summed E-state index contributed by atoms with van der Waals surface area (Å²) in [6.07, 6.45) is 1.93. The van der Waals surface area contributed by atoms with Crippen LogP contribution in [0.5, 0.6) is 5.75 Å². The number of phenols is 1. The van der Waals surface area contributed by atoms with Crippen molar-refractivity contribution in [1.29, 1.82) is 0 Å². The van der Waals surface area contributed by atoms with E-state index >= 15 is 0 Å². The van der Waals surface area contributed by atoms with Crippen LogP contribution in [0, 0.1) is 6.92 Å². The number of carbonyl (C=O) groups excluding carboxylic acids is 1. The van der Waals surface area contributed by atoms with Gasteiger partial charge in [0, 0.05) is 36.8 Å². The Morgan fingerprint density at radius 1 is 1.10 bits per heavy atom. The number of hydrogen-bond acceptors (Lipinski definition) is 5. The molecule has 2 aliphatic rings. The molecule has 29 heavy (non-hydrogen) atoms. The Hall–Kier alpha value is -2.44. The van der Waals surface area contributed by atoms with E-state index < -0.39 is 0 Å². The Bertz CT molecular complexity index is 856. The number of nitrogens with zero attached hydrogens (tertiary/aromatic N) is 3. The Balaban J connectivity index is 1.46. The fourth-order valence-corrected chi connectivity index (χ4v) is 4.26. The van der Waals surface area contributed by atoms with Crippen LogP contribution in [0.4, 0.5) is 0 Å². The standard InChI is InChI=1S/C23H29N3O3/c1-17-6-7-20(23(28)26-12-14-29-15-13-26)22(24-17)18-8-10-25(11-9-18)16-19-4-2-3-5-21(19)27/h2-7,18,27H,8-16H2,1H3. The largest absolute Gasteiger partial charge is 0.508 e. The van der Waals surface area contributed by atoms with Crippen molar-refractivity contribution in [2.45, 2.75) is 32.2 Å². The van der Waals surface area contributed by atoms with Gasteiger partial charge < -0.3 is 14.7 Å². The average molecular weight is 396 g/mol. The van der Waals surface area contributed by atoms with Gasteiger partial charge in [-0.1, -0.05) is 18.2 Å². The Morgan fingerprint density at radius 3 is 2.55 bits per heavy atom. The van der Waals surface area contributed by atoms with Gasteiger partial charge in [0.25, 0.3) is 5.91 Å². The van der Waals surface area contributed by atoms with E-state index in [0.717, 1.165) is 55.0 Å². The first-order valence-electron chi connectivity index (χ1n) is 10.5. The normalized spacial score (nSPS) is 18.7. The summed E-state index contributed by atoms with van der Waals surface area (Å²) in [4.78, 5) is 22.2. The minimum absolute atomic E-state index is 0.0763. The number of hydrogen-bond donors (Lipinski definition) is 1. The molecule has 0 spiro atoms. The van der Waals surface area contributed by atoms with Crippen molar-refractivity contribution < 1.29 is 14.6 Å². The zero-order valence-corrected chi connectivity index (χ0v) is 17.0. The van der Waals surface area contributed by atoms with Gasteiger partial charge in [0.05, 0.1) is 24.5 Å². The number of benzene rings is 1. The van der Waals surface area contributed by atoms with E-state index in [1.165, 1.54) is 0 Å². The molecule has 0 unspecified atom stereocenters. The zero-order valence-electron chi connectivity index (χ0n) is 17.0. The topological polar surface area (TPSA) is 65.9 Å². The van der Waals surface area contributed by atoms with E-state index in [9.17, 15) is 9.90 Å². The number of piperidine rings is 1. The molecule has 2 aromatic rings. The summed E-state index contributed by atoms with van der Waals surface area (Å²) in [6, 6.07) is 11.4. The predicted octanol–water partition coefficient (Wildman–Crippen LogP) is 2.95. The number of aromatic nitrogens is 1. The van der Waals surface area contributed by atoms with Crippen molar-refractivity contribution in [2.75, 3.05) is 39.4 Å². The maximum atomic E-state index is 13.1. The quantitative estimate of drug-likeness (QED) is 0.862. The number of amides is 1. The average Bonchev–Trinajstić information content (AvgIpc) is 2.76. The van der Waals surface area contributed by atoms with Crippen LogP contribution in [0.1, 0.15) is 46.1 Å². The first kappa shape index (κ1) is 19.9. The number of aromatic hydroxyl groups is 1. The summed E-state index contributed by atoms with van der Waals surface area (Å²) in [5.41, 5.74) is 3.61. The third-order valence-electron chi connectivity index (χ3n) is 5.95. The minimum atomic E-state index is 0.0763. The number of aryl methyl sites for hydroxylation is 1. The van der Waals surface area contributed by atoms with Crippen LogP contribution in [-0.4, -0.2) is 65.2 Å². The van der Waals surface area contributed by atoms with Crippen LogP contribution in [0.3, 0.4) is 0 Å². The molecule has 1 aromatic heterocycles. The number of ether oxygens (including phenoxy) is 1. The second kappa shape index (κ2) is 8.93. The number of phenolic OH excluding ortho intramolecular Hbond substituents is 1. The molecule has 2 fully saturated rings. The van der Waals surface area contributed by atoms with Crippen LogP contribution in [0.2, 0.25) is 0 Å². The summed E-state index contributed by atoms with van der Waals surface area (Å²) in [7, 11) is 0. The van der Waals surface area contributed by atoms with Gasteiger partial charge in [-0.15, -0.1) is 0 Å². The highest BCUT2D eigenvalue weighted by Crippen LogP contribution is 2.31. The zero-order chi connectivity index (χ0) is 20.2. The molecule has 1 aromatic carbocycles. The molecule has 0 atom stereocenters. The van der Waals surface area contributed by atoms with Gasteiger partial charge in [-0.25, -0.2) is 0 Å². The first-order valence-corrected chi connectivity index (χ1v) is 10.5. The van der Waals surface area contributed by atoms with E-state index in [-0.39, 0.29) is 11.8 Å². The molecule has 1 amide bonds. The highest BCUT2D eigenvalue weighted by atomic mass is 16.5. The third-order valence-corrected chi connectivity index (χ3v) is 5.95. The van der Waals surface area contributed by atoms with Crippen molar-refractivity contribution in [2.24, 2.45) is 0 Å². The second-order valence-corrected chi connectivity index (χ2v) is 7.97. The summed E-state index contributed by atoms with van der Waals surface area (Å²) < 4.78 is 5.39. The summed E-state index contributed by atoms with van der Waals surface area (Å²) in [5.74, 6) is 0.719. The number of carbonyl (C=O) groups is 1. The maximum Gasteiger partial charge on any atom is 0.255 e. The predicted molar refractivity (Wildman–Crippen MR) is 111 cm³/mol. The first-order chi connectivity index (χ1) is 14.1. The molecule has 1 N–H and O–H groups in total. The van der Waals surface area contributed by atoms with Crippen molar-refractivity contribution in [3.05, 3.63) is 58.9 Å². The SMILES string of the molecule is Cc1ccc(C(=O)N2CCOCC2)c(C2CCN(Cc3ccccc3O)CC2)n1. The van der Waals surface area contributed by atoms with Crippen molar-refractivity contribution >= 4 is 5.91 Å². The van der Waals surface area contributed by atoms with Gasteiger partial charge in [-0.2, -0.15) is 0 Å². The van der Waals surface area contributed by atoms with Gasteiger partial charge in [0.2, 0.25) is 0 Å². The Morgan fingerprint density at radius 2 is 1.83 bits per heavy atom. The molecule has 4 rings (SSSR count). The molecular weight excluding hydrogens is 366 g/mol. The Kier molecular flexibility index (Phi) is 6.11. The summed E-state index contributed by atoms with van der Waals surface area (Å²) in [6.45, 7) is 7.09. The molecule has 2 aliphatic heterocycles. The van der Waals surface area contributed by atoms with Gasteiger partial charge in [0.15, 0.2) is 0 Å². The van der Waals surface area contributed by atoms with Crippen LogP contribution >= 0.6 is 0 Å². The molecule has 6 nitrogen and oxygen atoms in total. The highest BCUT2D eigenvalue weighted by Gasteiger charge is 2.28. The molecule has 6 heteroatoms. The number of rotatable bonds is 4. The molecule has 0 bridgehead atoms. The monoisotopic (exact) mass is 395 g/mol. The van der Waals surface area contributed by atoms with Crippen molar-refractivity contribution in [3.8, 4) is 5.75 Å². The van der Waals surface area contributed by atoms with E-state index in [1.54, 1.807) is 6.07 Å². The third kappa shape index (κ3) is 4.60. The van der Waals surface area contributed by atoms with E-state index in [0.29, 0.717) is 32.1 Å². The van der Waals surface area contributed by atoms with Crippen LogP contribution in [0.25, 0.3) is 0 Å². The lowest BCUT2D eigenvalue weighted by Gasteiger charge is -2.33. The Labute approximate surface area is 172 Å². The number of morpholine rings is 1. The van der Waals surface area contributed by atoms with Gasteiger partial charge in [-0.05, 0) is 51.1 Å².